The van der Waals surface area contributed by atoms with Crippen molar-refractivity contribution in [3.63, 3.8) is 0 Å². The zero-order chi connectivity index (χ0) is 20.9. The molecule has 0 saturated carbocycles. The molecule has 0 atom stereocenters. The topological polar surface area (TPSA) is 104 Å². The van der Waals surface area contributed by atoms with Crippen LogP contribution in [0.1, 0.15) is 11.1 Å². The molecule has 1 heterocycles. The molecule has 30 heavy (non-hydrogen) atoms. The Bertz CT molecular complexity index is 1270. The number of nitriles is 1. The van der Waals surface area contributed by atoms with Crippen LogP contribution in [-0.4, -0.2) is 18.4 Å². The van der Waals surface area contributed by atoms with E-state index in [1.807, 2.05) is 42.5 Å². The molecule has 0 unspecified atom stereocenters. The minimum atomic E-state index is -0.504. The molecule has 7 heteroatoms. The Morgan fingerprint density at radius 2 is 1.73 bits per heavy atom. The molecular weight excluding hydrogens is 382 g/mol. The average Bonchev–Trinajstić information content (AvgIpc) is 3.19. The van der Waals surface area contributed by atoms with Crippen molar-refractivity contribution in [3.05, 3.63) is 78.1 Å². The van der Waals surface area contributed by atoms with Gasteiger partial charge in [0.15, 0.2) is 6.61 Å². The molecule has 4 rings (SSSR count). The number of hydrogen-bond acceptors (Lipinski definition) is 5. The highest BCUT2D eigenvalue weighted by molar-refractivity contribution is 6.08. The van der Waals surface area contributed by atoms with E-state index in [9.17, 15) is 9.59 Å². The Balaban J connectivity index is 1.34. The molecule has 0 aliphatic rings. The SMILES string of the molecule is N#Cc1ccc(OCC(=O)NNC(=O)Cc2coc3ccc4ccccc4c23)cc1. The van der Waals surface area contributed by atoms with Gasteiger partial charge < -0.3 is 9.15 Å². The first-order valence-electron chi connectivity index (χ1n) is 9.22. The summed E-state index contributed by atoms with van der Waals surface area (Å²) in [6.07, 6.45) is 1.62. The molecule has 0 radical (unpaired) electrons. The summed E-state index contributed by atoms with van der Waals surface area (Å²) >= 11 is 0. The van der Waals surface area contributed by atoms with Crippen LogP contribution in [0.25, 0.3) is 21.7 Å². The third-order valence-electron chi connectivity index (χ3n) is 4.59. The van der Waals surface area contributed by atoms with Crippen molar-refractivity contribution in [1.29, 1.82) is 5.26 Å². The van der Waals surface area contributed by atoms with E-state index in [0.29, 0.717) is 16.9 Å². The predicted octanol–water partition coefficient (Wildman–Crippen LogP) is 3.23. The molecular formula is C23H17N3O4. The van der Waals surface area contributed by atoms with Gasteiger partial charge in [0.05, 0.1) is 24.3 Å². The van der Waals surface area contributed by atoms with Crippen LogP contribution >= 0.6 is 0 Å². The summed E-state index contributed by atoms with van der Waals surface area (Å²) in [6.45, 7) is -0.272. The lowest BCUT2D eigenvalue weighted by Crippen LogP contribution is -2.44. The van der Waals surface area contributed by atoms with Gasteiger partial charge in [0.1, 0.15) is 11.3 Å². The van der Waals surface area contributed by atoms with Crippen LogP contribution in [0, 0.1) is 11.3 Å². The lowest BCUT2D eigenvalue weighted by molar-refractivity contribution is -0.129. The van der Waals surface area contributed by atoms with Crippen molar-refractivity contribution in [2.24, 2.45) is 0 Å². The summed E-state index contributed by atoms with van der Waals surface area (Å²) in [5, 5.41) is 11.7. The summed E-state index contributed by atoms with van der Waals surface area (Å²) in [5.74, 6) is -0.431. The number of fused-ring (bicyclic) bond motifs is 3. The minimum absolute atomic E-state index is 0.0533. The number of furan rings is 1. The number of rotatable bonds is 5. The fourth-order valence-corrected chi connectivity index (χ4v) is 3.17. The number of hydrogen-bond donors (Lipinski definition) is 2. The maximum Gasteiger partial charge on any atom is 0.276 e. The number of nitrogens with zero attached hydrogens (tertiary/aromatic N) is 1. The molecule has 4 aromatic rings. The Morgan fingerprint density at radius 3 is 2.53 bits per heavy atom. The van der Waals surface area contributed by atoms with Crippen LogP contribution in [0.4, 0.5) is 0 Å². The van der Waals surface area contributed by atoms with Crippen molar-refractivity contribution in [1.82, 2.24) is 10.9 Å². The second-order valence-electron chi connectivity index (χ2n) is 6.62. The number of amides is 2. The molecule has 0 saturated heterocycles. The number of benzene rings is 3. The lowest BCUT2D eigenvalue weighted by Gasteiger charge is -2.09. The van der Waals surface area contributed by atoms with E-state index >= 15 is 0 Å². The average molecular weight is 399 g/mol. The molecule has 7 nitrogen and oxygen atoms in total. The van der Waals surface area contributed by atoms with Gasteiger partial charge in [0, 0.05) is 10.9 Å². The Hall–Kier alpha value is -4.31. The van der Waals surface area contributed by atoms with Gasteiger partial charge in [-0.2, -0.15) is 5.26 Å². The molecule has 2 N–H and O–H groups in total. The van der Waals surface area contributed by atoms with E-state index < -0.39 is 5.91 Å². The van der Waals surface area contributed by atoms with Crippen molar-refractivity contribution in [3.8, 4) is 11.8 Å². The van der Waals surface area contributed by atoms with E-state index in [1.54, 1.807) is 30.5 Å². The monoisotopic (exact) mass is 399 g/mol. The van der Waals surface area contributed by atoms with Gasteiger partial charge in [0.25, 0.3) is 5.91 Å². The normalized spacial score (nSPS) is 10.5. The Kier molecular flexibility index (Phi) is 5.31. The van der Waals surface area contributed by atoms with Crippen molar-refractivity contribution >= 4 is 33.6 Å². The highest BCUT2D eigenvalue weighted by atomic mass is 16.5. The molecule has 0 aliphatic carbocycles. The van der Waals surface area contributed by atoms with Gasteiger partial charge >= 0.3 is 0 Å². The van der Waals surface area contributed by atoms with Gasteiger partial charge in [-0.3, -0.25) is 20.4 Å². The van der Waals surface area contributed by atoms with E-state index in [1.165, 1.54) is 0 Å². The molecule has 1 aromatic heterocycles. The lowest BCUT2D eigenvalue weighted by atomic mass is 10.0. The standard InChI is InChI=1S/C23H17N3O4/c24-12-15-5-8-18(9-6-15)29-14-22(28)26-25-21(27)11-17-13-30-20-10-7-16-3-1-2-4-19(16)23(17)20/h1-10,13H,11,14H2,(H,25,27)(H,26,28). The van der Waals surface area contributed by atoms with Crippen LogP contribution in [0.2, 0.25) is 0 Å². The third-order valence-corrected chi connectivity index (χ3v) is 4.59. The van der Waals surface area contributed by atoms with E-state index in [0.717, 1.165) is 21.7 Å². The quantitative estimate of drug-likeness (QED) is 0.502. The molecule has 0 bridgehead atoms. The number of carbonyl (C=O) groups excluding carboxylic acids is 2. The van der Waals surface area contributed by atoms with Crippen molar-refractivity contribution in [2.45, 2.75) is 6.42 Å². The second-order valence-corrected chi connectivity index (χ2v) is 6.62. The fraction of sp³-hybridized carbons (Fsp3) is 0.0870. The summed E-state index contributed by atoms with van der Waals surface area (Å²) in [4.78, 5) is 24.2. The molecule has 0 aliphatic heterocycles. The van der Waals surface area contributed by atoms with Crippen molar-refractivity contribution < 1.29 is 18.7 Å². The third kappa shape index (κ3) is 4.08. The van der Waals surface area contributed by atoms with Crippen LogP contribution in [0.5, 0.6) is 5.75 Å². The Morgan fingerprint density at radius 1 is 0.967 bits per heavy atom. The summed E-state index contributed by atoms with van der Waals surface area (Å²) in [7, 11) is 0. The first-order valence-corrected chi connectivity index (χ1v) is 9.22. The van der Waals surface area contributed by atoms with Gasteiger partial charge in [0.2, 0.25) is 5.91 Å². The highest BCUT2D eigenvalue weighted by Gasteiger charge is 2.14. The van der Waals surface area contributed by atoms with Crippen LogP contribution < -0.4 is 15.6 Å². The first-order chi connectivity index (χ1) is 14.6. The van der Waals surface area contributed by atoms with E-state index in [2.05, 4.69) is 10.9 Å². The van der Waals surface area contributed by atoms with Gasteiger partial charge in [-0.05, 0) is 41.1 Å². The number of carbonyl (C=O) groups is 2. The molecule has 148 valence electrons. The minimum Gasteiger partial charge on any atom is -0.484 e. The van der Waals surface area contributed by atoms with Crippen LogP contribution in [0.3, 0.4) is 0 Å². The molecule has 3 aromatic carbocycles. The second kappa shape index (κ2) is 8.37. The zero-order valence-electron chi connectivity index (χ0n) is 15.8. The summed E-state index contributed by atoms with van der Waals surface area (Å²) in [5.41, 5.74) is 6.65. The zero-order valence-corrected chi connectivity index (χ0v) is 15.8. The number of ether oxygens (including phenoxy) is 1. The van der Waals surface area contributed by atoms with Gasteiger partial charge in [-0.1, -0.05) is 30.3 Å². The number of nitrogens with one attached hydrogen (secondary N) is 2. The first kappa shape index (κ1) is 19.0. The molecule has 2 amide bonds. The largest absolute Gasteiger partial charge is 0.484 e. The molecule has 0 spiro atoms. The maximum absolute atomic E-state index is 12.3. The maximum atomic E-state index is 12.3. The summed E-state index contributed by atoms with van der Waals surface area (Å²) in [6, 6.07) is 20.1. The smallest absolute Gasteiger partial charge is 0.276 e. The van der Waals surface area contributed by atoms with Crippen LogP contribution in [0.15, 0.2) is 71.3 Å². The van der Waals surface area contributed by atoms with E-state index in [-0.39, 0.29) is 18.9 Å². The molecule has 0 fully saturated rings. The van der Waals surface area contributed by atoms with Crippen LogP contribution in [-0.2, 0) is 16.0 Å². The predicted molar refractivity (Wildman–Crippen MR) is 110 cm³/mol. The van der Waals surface area contributed by atoms with Gasteiger partial charge in [-0.25, -0.2) is 0 Å². The fourth-order valence-electron chi connectivity index (χ4n) is 3.17. The Labute approximate surface area is 171 Å². The van der Waals surface area contributed by atoms with Crippen molar-refractivity contribution in [2.75, 3.05) is 6.61 Å². The van der Waals surface area contributed by atoms with Gasteiger partial charge in [-0.15, -0.1) is 0 Å². The van der Waals surface area contributed by atoms with E-state index in [4.69, 9.17) is 14.4 Å². The number of hydrazine groups is 1. The highest BCUT2D eigenvalue weighted by Crippen LogP contribution is 2.30. The summed E-state index contributed by atoms with van der Waals surface area (Å²) < 4.78 is 10.9.